The molecule has 0 saturated heterocycles. The zero-order chi connectivity index (χ0) is 23.8. The molecule has 0 aromatic heterocycles. The summed E-state index contributed by atoms with van der Waals surface area (Å²) in [6.45, 7) is 0.479. The molecule has 2 heterocycles. The molecule has 0 amide bonds. The molecule has 2 aliphatic heterocycles. The number of benzene rings is 4. The number of halogens is 2. The summed E-state index contributed by atoms with van der Waals surface area (Å²) in [4.78, 5) is 0. The van der Waals surface area contributed by atoms with E-state index in [0.29, 0.717) is 11.6 Å². The van der Waals surface area contributed by atoms with Gasteiger partial charge in [0.25, 0.3) is 0 Å². The standard InChI is InChI=1S/C29H22Cl2N2O2/c30-22-11-5-19(6-12-22)18-34-24-15-9-21(10-16-24)29-33-27(25-3-1-2-4-28(25)35-29)17-26(32-33)20-7-13-23(31)14-8-20/h1-16,27,29H,17-18H2. The summed E-state index contributed by atoms with van der Waals surface area (Å²) in [5.41, 5.74) is 5.34. The van der Waals surface area contributed by atoms with Crippen molar-refractivity contribution in [1.82, 2.24) is 5.01 Å². The summed E-state index contributed by atoms with van der Waals surface area (Å²) in [7, 11) is 0. The highest BCUT2D eigenvalue weighted by atomic mass is 35.5. The lowest BCUT2D eigenvalue weighted by molar-refractivity contribution is -0.0190. The number of para-hydroxylation sites is 1. The monoisotopic (exact) mass is 500 g/mol. The van der Waals surface area contributed by atoms with Crippen LogP contribution in [0.4, 0.5) is 0 Å². The number of hydrogen-bond donors (Lipinski definition) is 0. The molecule has 0 N–H and O–H groups in total. The first-order valence-corrected chi connectivity index (χ1v) is 12.2. The van der Waals surface area contributed by atoms with Crippen LogP contribution >= 0.6 is 23.2 Å². The first kappa shape index (κ1) is 22.0. The highest BCUT2D eigenvalue weighted by molar-refractivity contribution is 6.30. The van der Waals surface area contributed by atoms with Crippen molar-refractivity contribution in [2.45, 2.75) is 25.3 Å². The van der Waals surface area contributed by atoms with E-state index in [1.807, 2.05) is 91.0 Å². The summed E-state index contributed by atoms with van der Waals surface area (Å²) in [5, 5.41) is 8.53. The first-order chi connectivity index (χ1) is 17.1. The van der Waals surface area contributed by atoms with Crippen molar-refractivity contribution in [3.8, 4) is 11.5 Å². The van der Waals surface area contributed by atoms with Gasteiger partial charge in [0.1, 0.15) is 18.1 Å². The van der Waals surface area contributed by atoms with Crippen LogP contribution in [0.1, 0.15) is 40.9 Å². The molecule has 0 aliphatic carbocycles. The van der Waals surface area contributed by atoms with E-state index in [-0.39, 0.29) is 12.3 Å². The Balaban J connectivity index is 1.26. The van der Waals surface area contributed by atoms with E-state index in [4.69, 9.17) is 37.8 Å². The molecule has 174 valence electrons. The Morgan fingerprint density at radius 2 is 1.51 bits per heavy atom. The van der Waals surface area contributed by atoms with Gasteiger partial charge < -0.3 is 9.47 Å². The first-order valence-electron chi connectivity index (χ1n) is 11.5. The third kappa shape index (κ3) is 4.47. The molecule has 6 rings (SSSR count). The van der Waals surface area contributed by atoms with Gasteiger partial charge in [0.05, 0.1) is 11.8 Å². The molecule has 0 radical (unpaired) electrons. The topological polar surface area (TPSA) is 34.1 Å². The molecule has 2 atom stereocenters. The maximum atomic E-state index is 6.46. The molecule has 0 saturated carbocycles. The van der Waals surface area contributed by atoms with Gasteiger partial charge >= 0.3 is 0 Å². The van der Waals surface area contributed by atoms with Gasteiger partial charge in [-0.05, 0) is 65.7 Å². The third-order valence-corrected chi connectivity index (χ3v) is 6.86. The molecule has 6 heteroatoms. The van der Waals surface area contributed by atoms with Gasteiger partial charge in [-0.15, -0.1) is 0 Å². The number of hydrazone groups is 1. The lowest BCUT2D eigenvalue weighted by Crippen LogP contribution is -2.33. The molecule has 0 fully saturated rings. The number of fused-ring (bicyclic) bond motifs is 3. The van der Waals surface area contributed by atoms with E-state index in [9.17, 15) is 0 Å². The fourth-order valence-corrected chi connectivity index (χ4v) is 4.80. The normalized spacial score (nSPS) is 18.3. The van der Waals surface area contributed by atoms with Crippen molar-refractivity contribution in [3.63, 3.8) is 0 Å². The average molecular weight is 501 g/mol. The lowest BCUT2D eigenvalue weighted by Gasteiger charge is -2.38. The fraction of sp³-hybridized carbons (Fsp3) is 0.138. The quantitative estimate of drug-likeness (QED) is 0.280. The SMILES string of the molecule is Clc1ccc(COc2ccc(C3Oc4ccccc4C4CC(c5ccc(Cl)cc5)=NN43)cc2)cc1. The smallest absolute Gasteiger partial charge is 0.213 e. The van der Waals surface area contributed by atoms with E-state index in [0.717, 1.165) is 50.9 Å². The molecule has 0 spiro atoms. The number of nitrogens with zero attached hydrogens (tertiary/aromatic N) is 2. The van der Waals surface area contributed by atoms with E-state index in [1.165, 1.54) is 0 Å². The summed E-state index contributed by atoms with van der Waals surface area (Å²) in [6.07, 6.45) is 0.478. The van der Waals surface area contributed by atoms with Crippen LogP contribution in [0.3, 0.4) is 0 Å². The van der Waals surface area contributed by atoms with Crippen LogP contribution in [0, 0.1) is 0 Å². The fourth-order valence-electron chi connectivity index (χ4n) is 4.55. The van der Waals surface area contributed by atoms with Gasteiger partial charge in [0.2, 0.25) is 6.23 Å². The molecule has 35 heavy (non-hydrogen) atoms. The second kappa shape index (κ2) is 9.29. The van der Waals surface area contributed by atoms with Crippen molar-refractivity contribution in [2.24, 2.45) is 5.10 Å². The molecular formula is C29H22Cl2N2O2. The van der Waals surface area contributed by atoms with Crippen LogP contribution in [0.5, 0.6) is 11.5 Å². The Morgan fingerprint density at radius 1 is 0.829 bits per heavy atom. The molecule has 0 bridgehead atoms. The summed E-state index contributed by atoms with van der Waals surface area (Å²) < 4.78 is 12.4. The summed E-state index contributed by atoms with van der Waals surface area (Å²) in [6, 6.07) is 31.9. The minimum absolute atomic E-state index is 0.108. The van der Waals surface area contributed by atoms with Gasteiger partial charge in [-0.3, -0.25) is 0 Å². The van der Waals surface area contributed by atoms with Crippen molar-refractivity contribution in [3.05, 3.63) is 129 Å². The predicted molar refractivity (Wildman–Crippen MR) is 139 cm³/mol. The second-order valence-electron chi connectivity index (χ2n) is 8.65. The molecule has 2 unspecified atom stereocenters. The van der Waals surface area contributed by atoms with Crippen molar-refractivity contribution < 1.29 is 9.47 Å². The summed E-state index contributed by atoms with van der Waals surface area (Å²) >= 11 is 12.1. The van der Waals surface area contributed by atoms with Crippen LogP contribution in [-0.2, 0) is 6.61 Å². The highest BCUT2D eigenvalue weighted by Crippen LogP contribution is 2.47. The molecule has 4 aromatic rings. The van der Waals surface area contributed by atoms with Gasteiger partial charge in [-0.1, -0.05) is 65.7 Å². The van der Waals surface area contributed by atoms with E-state index in [1.54, 1.807) is 0 Å². The molecular weight excluding hydrogens is 479 g/mol. The third-order valence-electron chi connectivity index (χ3n) is 6.36. The molecule has 4 nitrogen and oxygen atoms in total. The summed E-state index contributed by atoms with van der Waals surface area (Å²) in [5.74, 6) is 1.69. The van der Waals surface area contributed by atoms with Gasteiger partial charge in [0, 0.05) is 27.6 Å². The van der Waals surface area contributed by atoms with Crippen LogP contribution in [-0.4, -0.2) is 10.7 Å². The number of ether oxygens (including phenoxy) is 2. The van der Waals surface area contributed by atoms with Gasteiger partial charge in [-0.25, -0.2) is 5.01 Å². The lowest BCUT2D eigenvalue weighted by atomic mass is 9.96. The second-order valence-corrected chi connectivity index (χ2v) is 9.52. The van der Waals surface area contributed by atoms with Gasteiger partial charge in [0.15, 0.2) is 0 Å². The van der Waals surface area contributed by atoms with Crippen LogP contribution in [0.25, 0.3) is 0 Å². The van der Waals surface area contributed by atoms with Crippen molar-refractivity contribution >= 4 is 28.9 Å². The largest absolute Gasteiger partial charge is 0.489 e. The maximum absolute atomic E-state index is 6.46. The minimum atomic E-state index is -0.329. The van der Waals surface area contributed by atoms with E-state index >= 15 is 0 Å². The predicted octanol–water partition coefficient (Wildman–Crippen LogP) is 7.81. The average Bonchev–Trinajstić information content (AvgIpc) is 3.34. The van der Waals surface area contributed by atoms with Crippen LogP contribution < -0.4 is 9.47 Å². The Morgan fingerprint density at radius 3 is 2.26 bits per heavy atom. The Labute approximate surface area is 214 Å². The van der Waals surface area contributed by atoms with E-state index < -0.39 is 0 Å². The molecule has 2 aliphatic rings. The zero-order valence-electron chi connectivity index (χ0n) is 18.8. The Hall–Kier alpha value is -3.47. The Kier molecular flexibility index (Phi) is 5.85. The minimum Gasteiger partial charge on any atom is -0.489 e. The maximum Gasteiger partial charge on any atom is 0.213 e. The zero-order valence-corrected chi connectivity index (χ0v) is 20.3. The molecule has 4 aromatic carbocycles. The highest BCUT2D eigenvalue weighted by Gasteiger charge is 2.40. The van der Waals surface area contributed by atoms with Crippen molar-refractivity contribution in [2.75, 3.05) is 0 Å². The van der Waals surface area contributed by atoms with Crippen LogP contribution in [0.2, 0.25) is 10.0 Å². The van der Waals surface area contributed by atoms with Crippen LogP contribution in [0.15, 0.2) is 102 Å². The van der Waals surface area contributed by atoms with E-state index in [2.05, 4.69) is 11.1 Å². The van der Waals surface area contributed by atoms with Crippen molar-refractivity contribution in [1.29, 1.82) is 0 Å². The number of hydrogen-bond acceptors (Lipinski definition) is 4. The van der Waals surface area contributed by atoms with Gasteiger partial charge in [-0.2, -0.15) is 5.10 Å². The Bertz CT molecular complexity index is 1370. The number of rotatable bonds is 5.